The first-order valence-corrected chi connectivity index (χ1v) is 5.42. The van der Waals surface area contributed by atoms with Crippen LogP contribution in [0, 0.1) is 0 Å². The summed E-state index contributed by atoms with van der Waals surface area (Å²) in [6, 6.07) is 1.96. The molecule has 15 heavy (non-hydrogen) atoms. The summed E-state index contributed by atoms with van der Waals surface area (Å²) in [4.78, 5) is 13.1. The molecule has 0 bridgehead atoms. The predicted molar refractivity (Wildman–Crippen MR) is 59.9 cm³/mol. The maximum absolute atomic E-state index is 5.86. The zero-order chi connectivity index (χ0) is 10.8. The van der Waals surface area contributed by atoms with E-state index in [1.165, 1.54) is 0 Å². The molecule has 1 unspecified atom stereocenters. The summed E-state index contributed by atoms with van der Waals surface area (Å²) in [6.07, 6.45) is 1.72. The van der Waals surface area contributed by atoms with E-state index in [1.54, 1.807) is 12.3 Å². The van der Waals surface area contributed by atoms with Crippen molar-refractivity contribution in [2.75, 3.05) is 33.7 Å². The Morgan fingerprint density at radius 3 is 2.93 bits per heavy atom. The van der Waals surface area contributed by atoms with Gasteiger partial charge in [0, 0.05) is 25.8 Å². The van der Waals surface area contributed by atoms with Crippen LogP contribution in [0.4, 0.5) is 0 Å². The van der Waals surface area contributed by atoms with E-state index in [4.69, 9.17) is 11.6 Å². The van der Waals surface area contributed by atoms with Crippen molar-refractivity contribution in [3.8, 4) is 0 Å². The highest BCUT2D eigenvalue weighted by Gasteiger charge is 2.25. The molecule has 1 saturated heterocycles. The van der Waals surface area contributed by atoms with E-state index < -0.39 is 0 Å². The largest absolute Gasteiger partial charge is 0.303 e. The fourth-order valence-electron chi connectivity index (χ4n) is 1.80. The number of aromatic nitrogens is 2. The lowest BCUT2D eigenvalue weighted by Crippen LogP contribution is -2.45. The summed E-state index contributed by atoms with van der Waals surface area (Å²) in [6.45, 7) is 3.08. The van der Waals surface area contributed by atoms with Gasteiger partial charge in [0.2, 0.25) is 0 Å². The van der Waals surface area contributed by atoms with Crippen molar-refractivity contribution in [1.29, 1.82) is 0 Å². The van der Waals surface area contributed by atoms with Crippen LogP contribution in [-0.4, -0.2) is 53.5 Å². The summed E-state index contributed by atoms with van der Waals surface area (Å²) in [5.41, 5.74) is 0. The Bertz CT molecular complexity index is 344. The van der Waals surface area contributed by atoms with Gasteiger partial charge in [0.15, 0.2) is 0 Å². The smallest absolute Gasteiger partial charge is 0.148 e. The Labute approximate surface area is 94.9 Å². The quantitative estimate of drug-likeness (QED) is 0.670. The van der Waals surface area contributed by atoms with Crippen LogP contribution >= 0.6 is 11.6 Å². The third kappa shape index (κ3) is 2.45. The summed E-state index contributed by atoms with van der Waals surface area (Å²) in [7, 11) is 4.21. The molecule has 1 aliphatic rings. The van der Waals surface area contributed by atoms with Crippen LogP contribution < -0.4 is 0 Å². The zero-order valence-electron chi connectivity index (χ0n) is 9.02. The number of nitrogens with zero attached hydrogens (tertiary/aromatic N) is 4. The molecule has 2 heterocycles. The minimum absolute atomic E-state index is 0.252. The third-order valence-corrected chi connectivity index (χ3v) is 3.00. The molecule has 0 aromatic carbocycles. The Balaban J connectivity index is 2.21. The summed E-state index contributed by atoms with van der Waals surface area (Å²) in [5, 5.41) is 0.515. The second kappa shape index (κ2) is 4.43. The standard InChI is InChI=1S/C10H15ClN4/c1-14-5-6-15(2)8(7-14)10-12-4-3-9(11)13-10/h3-4,8H,5-7H2,1-2H3. The normalized spacial score (nSPS) is 24.3. The molecule has 1 fully saturated rings. The fraction of sp³-hybridized carbons (Fsp3) is 0.600. The van der Waals surface area contributed by atoms with Crippen LogP contribution in [0.15, 0.2) is 12.3 Å². The topological polar surface area (TPSA) is 32.3 Å². The minimum Gasteiger partial charge on any atom is -0.303 e. The van der Waals surface area contributed by atoms with E-state index in [1.807, 2.05) is 0 Å². The van der Waals surface area contributed by atoms with Crippen LogP contribution in [0.1, 0.15) is 11.9 Å². The van der Waals surface area contributed by atoms with Gasteiger partial charge < -0.3 is 4.90 Å². The van der Waals surface area contributed by atoms with Gasteiger partial charge in [-0.05, 0) is 20.2 Å². The van der Waals surface area contributed by atoms with Gasteiger partial charge in [-0.3, -0.25) is 4.90 Å². The van der Waals surface area contributed by atoms with Gasteiger partial charge >= 0.3 is 0 Å². The van der Waals surface area contributed by atoms with E-state index >= 15 is 0 Å². The highest BCUT2D eigenvalue weighted by molar-refractivity contribution is 6.29. The SMILES string of the molecule is CN1CCN(C)C(c2nccc(Cl)n2)C1. The lowest BCUT2D eigenvalue weighted by molar-refractivity contribution is 0.109. The average Bonchev–Trinajstić information content (AvgIpc) is 2.22. The molecule has 1 aliphatic heterocycles. The Morgan fingerprint density at radius 2 is 2.20 bits per heavy atom. The van der Waals surface area contributed by atoms with Gasteiger partial charge in [-0.25, -0.2) is 9.97 Å². The van der Waals surface area contributed by atoms with Gasteiger partial charge in [-0.2, -0.15) is 0 Å². The van der Waals surface area contributed by atoms with Crippen LogP contribution in [0.5, 0.6) is 0 Å². The number of piperazine rings is 1. The maximum atomic E-state index is 5.86. The van der Waals surface area contributed by atoms with Gasteiger partial charge in [0.1, 0.15) is 11.0 Å². The van der Waals surface area contributed by atoms with E-state index in [0.717, 1.165) is 25.5 Å². The lowest BCUT2D eigenvalue weighted by Gasteiger charge is -2.36. The molecule has 5 heteroatoms. The molecular weight excluding hydrogens is 212 g/mol. The Kier molecular flexibility index (Phi) is 3.19. The minimum atomic E-state index is 0.252. The number of hydrogen-bond donors (Lipinski definition) is 0. The first-order valence-electron chi connectivity index (χ1n) is 5.04. The van der Waals surface area contributed by atoms with Gasteiger partial charge in [-0.15, -0.1) is 0 Å². The van der Waals surface area contributed by atoms with E-state index in [2.05, 4.69) is 33.9 Å². The number of rotatable bonds is 1. The van der Waals surface area contributed by atoms with E-state index in [9.17, 15) is 0 Å². The molecule has 0 radical (unpaired) electrons. The molecule has 0 aliphatic carbocycles. The average molecular weight is 227 g/mol. The zero-order valence-corrected chi connectivity index (χ0v) is 9.78. The molecule has 0 amide bonds. The van der Waals surface area contributed by atoms with Crippen LogP contribution in [0.2, 0.25) is 5.15 Å². The van der Waals surface area contributed by atoms with E-state index in [0.29, 0.717) is 5.15 Å². The van der Waals surface area contributed by atoms with Crippen molar-refractivity contribution >= 4 is 11.6 Å². The number of likely N-dealkylation sites (N-methyl/N-ethyl adjacent to an activating group) is 2. The lowest BCUT2D eigenvalue weighted by atomic mass is 10.2. The van der Waals surface area contributed by atoms with E-state index in [-0.39, 0.29) is 6.04 Å². The molecule has 4 nitrogen and oxygen atoms in total. The van der Waals surface area contributed by atoms with Crippen LogP contribution in [0.3, 0.4) is 0 Å². The van der Waals surface area contributed by atoms with Gasteiger partial charge in [-0.1, -0.05) is 11.6 Å². The highest BCUT2D eigenvalue weighted by atomic mass is 35.5. The van der Waals surface area contributed by atoms with Crippen molar-refractivity contribution < 1.29 is 0 Å². The Hall–Kier alpha value is -0.710. The monoisotopic (exact) mass is 226 g/mol. The maximum Gasteiger partial charge on any atom is 0.148 e. The van der Waals surface area contributed by atoms with Crippen molar-refractivity contribution in [3.63, 3.8) is 0 Å². The van der Waals surface area contributed by atoms with Crippen molar-refractivity contribution in [1.82, 2.24) is 19.8 Å². The number of hydrogen-bond acceptors (Lipinski definition) is 4. The molecule has 2 rings (SSSR count). The molecule has 0 N–H and O–H groups in total. The first-order chi connectivity index (χ1) is 7.16. The van der Waals surface area contributed by atoms with Gasteiger partial charge in [0.25, 0.3) is 0 Å². The molecular formula is C10H15ClN4. The second-order valence-corrected chi connectivity index (χ2v) is 4.38. The fourth-order valence-corrected chi connectivity index (χ4v) is 1.94. The van der Waals surface area contributed by atoms with Crippen LogP contribution in [-0.2, 0) is 0 Å². The first kappa shape index (κ1) is 10.8. The van der Waals surface area contributed by atoms with Crippen molar-refractivity contribution in [2.24, 2.45) is 0 Å². The third-order valence-electron chi connectivity index (χ3n) is 2.79. The van der Waals surface area contributed by atoms with Gasteiger partial charge in [0.05, 0.1) is 6.04 Å². The number of halogens is 1. The molecule has 1 aromatic heterocycles. The summed E-state index contributed by atoms with van der Waals surface area (Å²) >= 11 is 5.86. The molecule has 0 saturated carbocycles. The summed E-state index contributed by atoms with van der Waals surface area (Å²) in [5.74, 6) is 0.816. The van der Waals surface area contributed by atoms with Crippen molar-refractivity contribution in [2.45, 2.75) is 6.04 Å². The molecule has 1 atom stereocenters. The molecule has 0 spiro atoms. The van der Waals surface area contributed by atoms with Crippen LogP contribution in [0.25, 0.3) is 0 Å². The highest BCUT2D eigenvalue weighted by Crippen LogP contribution is 2.20. The van der Waals surface area contributed by atoms with Crippen molar-refractivity contribution in [3.05, 3.63) is 23.2 Å². The Morgan fingerprint density at radius 1 is 1.40 bits per heavy atom. The summed E-state index contributed by atoms with van der Waals surface area (Å²) < 4.78 is 0. The second-order valence-electron chi connectivity index (χ2n) is 4.00. The predicted octanol–water partition coefficient (Wildman–Crippen LogP) is 1.05. The molecule has 82 valence electrons. The molecule has 1 aromatic rings.